The summed E-state index contributed by atoms with van der Waals surface area (Å²) < 4.78 is 14.4. The molecule has 9 nitrogen and oxygen atoms in total. The Hall–Kier alpha value is -3.95. The quantitative estimate of drug-likeness (QED) is 0.498. The lowest BCUT2D eigenvalue weighted by molar-refractivity contribution is -0.138. The summed E-state index contributed by atoms with van der Waals surface area (Å²) in [6, 6.07) is 9.95. The van der Waals surface area contributed by atoms with Crippen LogP contribution in [0.2, 0.25) is 0 Å². The van der Waals surface area contributed by atoms with Gasteiger partial charge >= 0.3 is 5.97 Å². The molecule has 0 saturated carbocycles. The minimum atomic E-state index is -1.03. The van der Waals surface area contributed by atoms with Crippen molar-refractivity contribution in [2.75, 3.05) is 18.0 Å². The minimum absolute atomic E-state index is 0.0911. The van der Waals surface area contributed by atoms with Crippen molar-refractivity contribution in [2.45, 2.75) is 64.7 Å². The van der Waals surface area contributed by atoms with Gasteiger partial charge in [-0.1, -0.05) is 26.8 Å². The van der Waals surface area contributed by atoms with Gasteiger partial charge in [0.25, 0.3) is 5.91 Å². The molecule has 2 fully saturated rings. The van der Waals surface area contributed by atoms with Gasteiger partial charge in [-0.05, 0) is 74.1 Å². The molecule has 1 spiro atoms. The van der Waals surface area contributed by atoms with Gasteiger partial charge in [-0.3, -0.25) is 14.4 Å². The Balaban J connectivity index is 1.50. The normalized spacial score (nSPS) is 19.2. The average Bonchev–Trinajstić information content (AvgIpc) is 3.15. The molecule has 10 heteroatoms. The highest BCUT2D eigenvalue weighted by Crippen LogP contribution is 2.39. The van der Waals surface area contributed by atoms with Gasteiger partial charge in [0, 0.05) is 18.8 Å². The number of aromatic carboxylic acids is 1. The number of piperidine rings is 1. The molecule has 2 aliphatic rings. The van der Waals surface area contributed by atoms with E-state index < -0.39 is 29.3 Å². The van der Waals surface area contributed by atoms with Crippen LogP contribution in [0.5, 0.6) is 0 Å². The number of carboxylic acids is 1. The Morgan fingerprint density at radius 2 is 1.77 bits per heavy atom. The van der Waals surface area contributed by atoms with Crippen LogP contribution in [0.1, 0.15) is 66.8 Å². The number of aryl methyl sites for hydroxylation is 1. The highest BCUT2D eigenvalue weighted by molar-refractivity contribution is 5.98. The maximum atomic E-state index is 14.4. The van der Waals surface area contributed by atoms with E-state index in [1.165, 1.54) is 24.3 Å². The van der Waals surface area contributed by atoms with Crippen LogP contribution in [0.3, 0.4) is 0 Å². The first-order valence-corrected chi connectivity index (χ1v) is 13.3. The molecule has 1 unspecified atom stereocenters. The molecule has 208 valence electrons. The summed E-state index contributed by atoms with van der Waals surface area (Å²) in [5.74, 6) is -2.96. The lowest BCUT2D eigenvalue weighted by Gasteiger charge is -2.45. The average molecular weight is 539 g/mol. The van der Waals surface area contributed by atoms with Crippen molar-refractivity contribution >= 4 is 29.4 Å². The molecule has 0 aliphatic carbocycles. The molecule has 4 rings (SSSR count). The fraction of sp³-hybridized carbons (Fsp3) is 0.448. The number of rotatable bonds is 7. The summed E-state index contributed by atoms with van der Waals surface area (Å²) in [6.07, 6.45) is 1.06. The van der Waals surface area contributed by atoms with Crippen LogP contribution in [0.4, 0.5) is 10.1 Å². The second-order valence-electron chi connectivity index (χ2n) is 10.6. The maximum Gasteiger partial charge on any atom is 0.335 e. The van der Waals surface area contributed by atoms with Crippen molar-refractivity contribution in [1.29, 1.82) is 0 Å². The highest BCUT2D eigenvalue weighted by Gasteiger charge is 2.54. The molecule has 39 heavy (non-hydrogen) atoms. The Labute approximate surface area is 227 Å². The number of nitrogens with one attached hydrogen (secondary N) is 2. The van der Waals surface area contributed by atoms with Crippen molar-refractivity contribution < 1.29 is 28.7 Å². The van der Waals surface area contributed by atoms with Gasteiger partial charge in [0.05, 0.1) is 17.3 Å². The number of likely N-dealkylation sites (tertiary alicyclic amines) is 1. The van der Waals surface area contributed by atoms with Crippen molar-refractivity contribution in [3.8, 4) is 0 Å². The number of anilines is 1. The molecule has 2 aliphatic heterocycles. The first-order chi connectivity index (χ1) is 18.5. The number of carbonyl (C=O) groups excluding carboxylic acids is 3. The molecular formula is C29H35FN4O5. The molecule has 0 aromatic heterocycles. The fourth-order valence-corrected chi connectivity index (χ4v) is 5.56. The molecule has 0 radical (unpaired) electrons. The number of hydrogen-bond acceptors (Lipinski definition) is 5. The highest BCUT2D eigenvalue weighted by atomic mass is 19.1. The largest absolute Gasteiger partial charge is 0.478 e. The second-order valence-corrected chi connectivity index (χ2v) is 10.6. The van der Waals surface area contributed by atoms with Gasteiger partial charge in [0.2, 0.25) is 11.8 Å². The van der Waals surface area contributed by atoms with Crippen LogP contribution >= 0.6 is 0 Å². The molecule has 0 bridgehead atoms. The van der Waals surface area contributed by atoms with Crippen LogP contribution in [-0.2, 0) is 16.0 Å². The Bertz CT molecular complexity index is 1270. The predicted molar refractivity (Wildman–Crippen MR) is 144 cm³/mol. The van der Waals surface area contributed by atoms with E-state index in [4.69, 9.17) is 0 Å². The maximum absolute atomic E-state index is 14.4. The zero-order chi connectivity index (χ0) is 28.5. The van der Waals surface area contributed by atoms with E-state index in [0.717, 1.165) is 5.56 Å². The number of halogens is 1. The van der Waals surface area contributed by atoms with E-state index in [0.29, 0.717) is 38.0 Å². The lowest BCUT2D eigenvalue weighted by Crippen LogP contribution is -2.60. The smallest absolute Gasteiger partial charge is 0.335 e. The van der Waals surface area contributed by atoms with E-state index in [1.807, 2.05) is 32.6 Å². The summed E-state index contributed by atoms with van der Waals surface area (Å²) in [6.45, 7) is 8.01. The van der Waals surface area contributed by atoms with Crippen LogP contribution in [-0.4, -0.2) is 64.5 Å². The standard InChI is InChI=1S/C29H35FN4O5/c1-5-19-6-11-23(30)22(16-19)25(35)32-24(17(2)3)26(36)33-14-12-29(13-15-33)28(39)31-18(4)34(29)21-9-7-20(8-10-21)27(37)38/h6-11,16-18,24H,5,12-15H2,1-4H3,(H,31,39)(H,32,35)(H,37,38)/t18?,24-/m1/s1. The molecule has 2 aromatic carbocycles. The van der Waals surface area contributed by atoms with E-state index in [1.54, 1.807) is 23.1 Å². The fourth-order valence-electron chi connectivity index (χ4n) is 5.56. The molecular weight excluding hydrogens is 503 g/mol. The van der Waals surface area contributed by atoms with Crippen LogP contribution in [0, 0.1) is 11.7 Å². The molecule has 3 N–H and O–H groups in total. The van der Waals surface area contributed by atoms with E-state index >= 15 is 0 Å². The van der Waals surface area contributed by atoms with Crippen LogP contribution in [0.15, 0.2) is 42.5 Å². The number of amides is 3. The Morgan fingerprint density at radius 3 is 2.33 bits per heavy atom. The molecule has 2 aromatic rings. The van der Waals surface area contributed by atoms with Gasteiger partial charge in [0.15, 0.2) is 0 Å². The summed E-state index contributed by atoms with van der Waals surface area (Å²) >= 11 is 0. The number of nitrogens with zero attached hydrogens (tertiary/aromatic N) is 2. The van der Waals surface area contributed by atoms with E-state index in [-0.39, 0.29) is 35.0 Å². The molecule has 3 amide bonds. The monoisotopic (exact) mass is 538 g/mol. The van der Waals surface area contributed by atoms with Crippen molar-refractivity contribution in [1.82, 2.24) is 15.5 Å². The van der Waals surface area contributed by atoms with Gasteiger partial charge < -0.3 is 25.5 Å². The van der Waals surface area contributed by atoms with Gasteiger partial charge in [-0.25, -0.2) is 9.18 Å². The SMILES string of the molecule is CCc1ccc(F)c(C(=O)N[C@@H](C(=O)N2CCC3(CC2)C(=O)NC(C)N3c2ccc(C(=O)O)cc2)C(C)C)c1. The topological polar surface area (TPSA) is 119 Å². The summed E-state index contributed by atoms with van der Waals surface area (Å²) in [5, 5.41) is 15.0. The van der Waals surface area contributed by atoms with E-state index in [9.17, 15) is 28.7 Å². The second kappa shape index (κ2) is 11.0. The Morgan fingerprint density at radius 1 is 1.13 bits per heavy atom. The number of carboxylic acid groups (broad SMARTS) is 1. The summed E-state index contributed by atoms with van der Waals surface area (Å²) in [5.41, 5.74) is 0.714. The van der Waals surface area contributed by atoms with Crippen molar-refractivity contribution in [2.24, 2.45) is 5.92 Å². The lowest BCUT2D eigenvalue weighted by atomic mass is 9.85. The van der Waals surface area contributed by atoms with Gasteiger partial charge in [0.1, 0.15) is 17.4 Å². The minimum Gasteiger partial charge on any atom is -0.478 e. The van der Waals surface area contributed by atoms with Gasteiger partial charge in [-0.2, -0.15) is 0 Å². The number of carbonyl (C=O) groups is 4. The molecule has 2 saturated heterocycles. The predicted octanol–water partition coefficient (Wildman–Crippen LogP) is 3.18. The first-order valence-electron chi connectivity index (χ1n) is 13.3. The van der Waals surface area contributed by atoms with Crippen molar-refractivity contribution in [3.63, 3.8) is 0 Å². The Kier molecular flexibility index (Phi) is 7.94. The third-order valence-electron chi connectivity index (χ3n) is 7.81. The summed E-state index contributed by atoms with van der Waals surface area (Å²) in [4.78, 5) is 54.6. The zero-order valence-corrected chi connectivity index (χ0v) is 22.7. The molecule has 2 heterocycles. The van der Waals surface area contributed by atoms with E-state index in [2.05, 4.69) is 10.6 Å². The number of benzene rings is 2. The third-order valence-corrected chi connectivity index (χ3v) is 7.81. The van der Waals surface area contributed by atoms with Crippen LogP contribution in [0.25, 0.3) is 0 Å². The number of hydrogen-bond donors (Lipinski definition) is 3. The third kappa shape index (κ3) is 5.32. The first kappa shape index (κ1) is 28.1. The summed E-state index contributed by atoms with van der Waals surface area (Å²) in [7, 11) is 0. The van der Waals surface area contributed by atoms with Crippen LogP contribution < -0.4 is 15.5 Å². The van der Waals surface area contributed by atoms with Crippen molar-refractivity contribution in [3.05, 3.63) is 65.0 Å². The zero-order valence-electron chi connectivity index (χ0n) is 22.7. The van der Waals surface area contributed by atoms with Gasteiger partial charge in [-0.15, -0.1) is 0 Å². The molecule has 2 atom stereocenters.